The maximum absolute atomic E-state index is 2.62. The maximum atomic E-state index is 2.62. The van der Waals surface area contributed by atoms with Crippen LogP contribution in [0.15, 0.2) is 0 Å². The smallest absolute Gasteiger partial charge is 0.0125 e. The summed E-state index contributed by atoms with van der Waals surface area (Å²) < 4.78 is 0. The van der Waals surface area contributed by atoms with Crippen molar-refractivity contribution in [2.24, 2.45) is 56.7 Å². The lowest BCUT2D eigenvalue weighted by Gasteiger charge is -2.52. The fraction of sp³-hybridized carbons (Fsp3) is 1.00. The van der Waals surface area contributed by atoms with Crippen molar-refractivity contribution in [1.82, 2.24) is 14.7 Å². The van der Waals surface area contributed by atoms with Gasteiger partial charge in [-0.15, -0.1) is 0 Å². The third kappa shape index (κ3) is 21.4. The van der Waals surface area contributed by atoms with Gasteiger partial charge in [0.2, 0.25) is 0 Å². The van der Waals surface area contributed by atoms with Gasteiger partial charge in [-0.2, -0.15) is 0 Å². The molecule has 0 aromatic rings. The number of piperidine rings is 1. The maximum Gasteiger partial charge on any atom is 0.0125 e. The Hall–Kier alpha value is -0.120. The van der Waals surface area contributed by atoms with Crippen molar-refractivity contribution in [3.63, 3.8) is 0 Å². The zero-order valence-corrected chi connectivity index (χ0v) is 42.1. The summed E-state index contributed by atoms with van der Waals surface area (Å²) in [6, 6.07) is 0. The molecular formula is C53H113N3. The minimum Gasteiger partial charge on any atom is -0.298 e. The average Bonchev–Trinajstić information content (AvgIpc) is 3.42. The molecule has 1 saturated carbocycles. The Bertz CT molecular complexity index is 964. The van der Waals surface area contributed by atoms with Gasteiger partial charge in [-0.1, -0.05) is 132 Å². The first-order valence-corrected chi connectivity index (χ1v) is 23.1. The lowest BCUT2D eigenvalue weighted by molar-refractivity contribution is -0.0345. The highest BCUT2D eigenvalue weighted by molar-refractivity contribution is 4.94. The summed E-state index contributed by atoms with van der Waals surface area (Å²) in [5.74, 6) is 4.67. The molecule has 3 heteroatoms. The fourth-order valence-corrected chi connectivity index (χ4v) is 9.17. The first-order valence-electron chi connectivity index (χ1n) is 23.1. The van der Waals surface area contributed by atoms with E-state index in [9.17, 15) is 0 Å². The van der Waals surface area contributed by atoms with Crippen molar-refractivity contribution in [3.8, 4) is 0 Å². The summed E-state index contributed by atoms with van der Waals surface area (Å²) >= 11 is 0. The van der Waals surface area contributed by atoms with Gasteiger partial charge in [0.25, 0.3) is 0 Å². The van der Waals surface area contributed by atoms with E-state index in [1.807, 2.05) is 0 Å². The second-order valence-electron chi connectivity index (χ2n) is 27.3. The van der Waals surface area contributed by atoms with Crippen LogP contribution in [-0.2, 0) is 0 Å². The van der Waals surface area contributed by atoms with E-state index >= 15 is 0 Å². The molecule has 4 rings (SSSR count). The molecule has 3 aliphatic heterocycles. The van der Waals surface area contributed by atoms with Crippen LogP contribution in [0.3, 0.4) is 0 Å². The zero-order valence-electron chi connectivity index (χ0n) is 42.1. The van der Waals surface area contributed by atoms with Crippen molar-refractivity contribution < 1.29 is 0 Å². The highest BCUT2D eigenvalue weighted by atomic mass is 15.2. The number of likely N-dealkylation sites (tertiary alicyclic amines) is 3. The van der Waals surface area contributed by atoms with Crippen LogP contribution in [-0.4, -0.2) is 70.6 Å². The van der Waals surface area contributed by atoms with Gasteiger partial charge in [-0.25, -0.2) is 0 Å². The standard InChI is InChI=1S/C15H30.C13H27N.C12H25N.C11H23N.2CH4/c1-14(2,3)11-12-7-9-13(10-8-12)15(4,5)6;1-12(2,3)11-7-9-14(10-8-11)13(4,5)6;1-11(2,3)10-7-8-13(9-10)12(4,5)6;1-10(2,3)9-7-12(8-9)11(4,5)6;;/h12-13H,7-11H2,1-6H3;11H,7-10H2,1-6H3;10H,7-9H2,1-6H3;9H,7-8H2,1-6H3;2*1H4. The van der Waals surface area contributed by atoms with Gasteiger partial charge in [0, 0.05) is 36.3 Å². The van der Waals surface area contributed by atoms with Gasteiger partial charge in [-0.3, -0.25) is 14.7 Å². The average molecular weight is 793 g/mol. The lowest BCUT2D eigenvalue weighted by atomic mass is 9.67. The van der Waals surface area contributed by atoms with Gasteiger partial charge in [0.1, 0.15) is 0 Å². The number of nitrogens with zero attached hydrogens (tertiary/aromatic N) is 3. The van der Waals surface area contributed by atoms with Crippen LogP contribution >= 0.6 is 0 Å². The molecule has 0 spiro atoms. The molecule has 0 amide bonds. The van der Waals surface area contributed by atoms with Crippen molar-refractivity contribution in [1.29, 1.82) is 0 Å². The van der Waals surface area contributed by atoms with Crippen LogP contribution in [0.4, 0.5) is 0 Å². The Labute approximate surface area is 358 Å². The molecule has 0 N–H and O–H groups in total. The summed E-state index contributed by atoms with van der Waals surface area (Å²) in [4.78, 5) is 7.79. The molecule has 3 nitrogen and oxygen atoms in total. The van der Waals surface area contributed by atoms with Crippen molar-refractivity contribution in [3.05, 3.63) is 0 Å². The largest absolute Gasteiger partial charge is 0.298 e. The Kier molecular flexibility index (Phi) is 22.4. The second-order valence-corrected chi connectivity index (χ2v) is 27.3. The number of hydrogen-bond donors (Lipinski definition) is 0. The molecule has 56 heavy (non-hydrogen) atoms. The summed E-state index contributed by atoms with van der Waals surface area (Å²) in [6.45, 7) is 64.1. The van der Waals surface area contributed by atoms with Gasteiger partial charge >= 0.3 is 0 Å². The molecular weight excluding hydrogens is 679 g/mol. The molecule has 4 fully saturated rings. The molecule has 3 heterocycles. The Morgan fingerprint density at radius 1 is 0.321 bits per heavy atom. The highest BCUT2D eigenvalue weighted by Gasteiger charge is 2.40. The van der Waals surface area contributed by atoms with E-state index in [0.29, 0.717) is 43.7 Å². The van der Waals surface area contributed by atoms with Gasteiger partial charge in [-0.05, 0) is 177 Å². The molecule has 0 aromatic heterocycles. The van der Waals surface area contributed by atoms with Crippen LogP contribution < -0.4 is 0 Å². The normalized spacial score (nSPS) is 24.5. The molecule has 1 aliphatic carbocycles. The predicted octanol–water partition coefficient (Wildman–Crippen LogP) is 16.0. The molecule has 0 aromatic carbocycles. The first kappa shape index (κ1) is 58.0. The second kappa shape index (κ2) is 21.6. The van der Waals surface area contributed by atoms with Gasteiger partial charge < -0.3 is 0 Å². The van der Waals surface area contributed by atoms with E-state index in [4.69, 9.17) is 0 Å². The van der Waals surface area contributed by atoms with E-state index < -0.39 is 0 Å². The monoisotopic (exact) mass is 792 g/mol. The summed E-state index contributed by atoms with van der Waals surface area (Å²) in [5, 5.41) is 0. The van der Waals surface area contributed by atoms with Gasteiger partial charge in [0.15, 0.2) is 0 Å². The van der Waals surface area contributed by atoms with Crippen molar-refractivity contribution in [2.45, 2.75) is 249 Å². The predicted molar refractivity (Wildman–Crippen MR) is 259 cm³/mol. The molecule has 0 radical (unpaired) electrons. The number of hydrogen-bond acceptors (Lipinski definition) is 3. The van der Waals surface area contributed by atoms with E-state index in [0.717, 1.165) is 29.6 Å². The van der Waals surface area contributed by atoms with E-state index in [1.165, 1.54) is 90.6 Å². The van der Waals surface area contributed by atoms with E-state index in [2.05, 4.69) is 181 Å². The molecule has 0 bridgehead atoms. The van der Waals surface area contributed by atoms with Crippen LogP contribution in [0.2, 0.25) is 0 Å². The minimum atomic E-state index is 0. The Morgan fingerprint density at radius 3 is 0.875 bits per heavy atom. The van der Waals surface area contributed by atoms with E-state index in [-0.39, 0.29) is 14.9 Å². The third-order valence-corrected chi connectivity index (χ3v) is 14.1. The quantitative estimate of drug-likeness (QED) is 0.262. The minimum absolute atomic E-state index is 0. The van der Waals surface area contributed by atoms with Crippen molar-refractivity contribution in [2.75, 3.05) is 39.3 Å². The van der Waals surface area contributed by atoms with Crippen LogP contribution in [0.1, 0.15) is 232 Å². The lowest BCUT2D eigenvalue weighted by Crippen LogP contribution is -2.59. The van der Waals surface area contributed by atoms with Crippen molar-refractivity contribution >= 4 is 0 Å². The topological polar surface area (TPSA) is 9.72 Å². The van der Waals surface area contributed by atoms with Crippen LogP contribution in [0, 0.1) is 56.7 Å². The Balaban J connectivity index is 0. The Morgan fingerprint density at radius 2 is 0.607 bits per heavy atom. The highest BCUT2D eigenvalue weighted by Crippen LogP contribution is 2.43. The van der Waals surface area contributed by atoms with Crippen LogP contribution in [0.25, 0.3) is 0 Å². The molecule has 3 saturated heterocycles. The fourth-order valence-electron chi connectivity index (χ4n) is 9.17. The molecule has 1 atom stereocenters. The summed E-state index contributed by atoms with van der Waals surface area (Å²) in [6.07, 6.45) is 11.4. The third-order valence-electron chi connectivity index (χ3n) is 14.1. The summed E-state index contributed by atoms with van der Waals surface area (Å²) in [7, 11) is 0. The number of rotatable bonds is 1. The molecule has 1 unspecified atom stereocenters. The molecule has 340 valence electrons. The zero-order chi connectivity index (χ0) is 42.5. The SMILES string of the molecule is C.C.CC(C)(C)C1CCN(C(C)(C)C)C1.CC(C)(C)C1CCN(C(C)(C)C)CC1.CC(C)(C)C1CN(C(C)(C)C)C1.CC(C)(C)CC1CCC(C(C)(C)C)CC1. The first-order chi connectivity index (χ1) is 23.8. The van der Waals surface area contributed by atoms with Gasteiger partial charge in [0.05, 0.1) is 0 Å². The summed E-state index contributed by atoms with van der Waals surface area (Å²) in [5.41, 5.74) is 3.66. The molecule has 4 aliphatic rings. The van der Waals surface area contributed by atoms with E-state index in [1.54, 1.807) is 0 Å². The van der Waals surface area contributed by atoms with Crippen LogP contribution in [0.5, 0.6) is 0 Å².